The van der Waals surface area contributed by atoms with Crippen molar-refractivity contribution in [3.8, 4) is 0 Å². The Kier molecular flexibility index (Phi) is 4.71. The van der Waals surface area contributed by atoms with Gasteiger partial charge in [-0.05, 0) is 24.6 Å². The highest BCUT2D eigenvalue weighted by molar-refractivity contribution is 7.89. The topological polar surface area (TPSA) is 46.2 Å². The average Bonchev–Trinajstić information content (AvgIpc) is 2.45. The minimum absolute atomic E-state index is 0.269. The lowest BCUT2D eigenvalue weighted by molar-refractivity contribution is 0.585. The summed E-state index contributed by atoms with van der Waals surface area (Å²) in [6, 6.07) is 16.5. The quantitative estimate of drug-likeness (QED) is 0.919. The van der Waals surface area contributed by atoms with Crippen LogP contribution in [0.4, 0.5) is 0 Å². The third-order valence-electron chi connectivity index (χ3n) is 2.83. The van der Waals surface area contributed by atoms with Gasteiger partial charge in [-0.25, -0.2) is 13.1 Å². The Morgan fingerprint density at radius 2 is 1.65 bits per heavy atom. The van der Waals surface area contributed by atoms with Crippen LogP contribution < -0.4 is 4.72 Å². The van der Waals surface area contributed by atoms with Gasteiger partial charge in [-0.3, -0.25) is 0 Å². The lowest BCUT2D eigenvalue weighted by Crippen LogP contribution is -2.23. The van der Waals surface area contributed by atoms with Crippen molar-refractivity contribution in [2.45, 2.75) is 11.8 Å². The van der Waals surface area contributed by atoms with Gasteiger partial charge >= 0.3 is 0 Å². The maximum Gasteiger partial charge on any atom is 0.240 e. The van der Waals surface area contributed by atoms with Crippen LogP contribution in [-0.2, 0) is 10.0 Å². The van der Waals surface area contributed by atoms with Crippen LogP contribution in [0, 0.1) is 6.92 Å². The summed E-state index contributed by atoms with van der Waals surface area (Å²) in [5.41, 5.74) is 2.08. The molecule has 3 nitrogen and oxygen atoms in total. The summed E-state index contributed by atoms with van der Waals surface area (Å²) < 4.78 is 26.6. The van der Waals surface area contributed by atoms with Crippen molar-refractivity contribution in [2.75, 3.05) is 6.54 Å². The van der Waals surface area contributed by atoms with Gasteiger partial charge in [0.1, 0.15) is 0 Å². The predicted molar refractivity (Wildman–Crippen MR) is 81.8 cm³/mol. The zero-order valence-electron chi connectivity index (χ0n) is 11.3. The summed E-state index contributed by atoms with van der Waals surface area (Å²) in [4.78, 5) is 0.288. The molecule has 0 aliphatic heterocycles. The molecule has 0 radical (unpaired) electrons. The molecular weight excluding hydrogens is 270 g/mol. The fourth-order valence-electron chi connectivity index (χ4n) is 1.72. The zero-order chi connectivity index (χ0) is 14.4. The fraction of sp³-hybridized carbons (Fsp3) is 0.125. The third-order valence-corrected chi connectivity index (χ3v) is 4.27. The van der Waals surface area contributed by atoms with Crippen molar-refractivity contribution in [1.29, 1.82) is 0 Å². The monoisotopic (exact) mass is 287 g/mol. The molecule has 0 amide bonds. The van der Waals surface area contributed by atoms with Gasteiger partial charge in [0, 0.05) is 6.54 Å². The van der Waals surface area contributed by atoms with Gasteiger partial charge in [0.2, 0.25) is 10.0 Å². The Bertz CT molecular complexity index is 674. The van der Waals surface area contributed by atoms with Crippen LogP contribution in [0.1, 0.15) is 11.1 Å². The van der Waals surface area contributed by atoms with Crippen molar-refractivity contribution >= 4 is 16.1 Å². The van der Waals surface area contributed by atoms with Crippen LogP contribution in [0.25, 0.3) is 6.08 Å². The number of nitrogens with one attached hydrogen (secondary N) is 1. The van der Waals surface area contributed by atoms with E-state index in [2.05, 4.69) is 4.72 Å². The highest BCUT2D eigenvalue weighted by Crippen LogP contribution is 2.09. The first-order chi connectivity index (χ1) is 9.58. The normalized spacial score (nSPS) is 11.8. The van der Waals surface area contributed by atoms with Crippen molar-refractivity contribution in [1.82, 2.24) is 4.72 Å². The molecule has 0 aromatic heterocycles. The Morgan fingerprint density at radius 1 is 1.00 bits per heavy atom. The molecular formula is C16H17NO2S. The van der Waals surface area contributed by atoms with E-state index in [9.17, 15) is 8.42 Å². The van der Waals surface area contributed by atoms with E-state index in [1.165, 1.54) is 0 Å². The second kappa shape index (κ2) is 6.50. The molecule has 0 aliphatic carbocycles. The largest absolute Gasteiger partial charge is 0.240 e. The highest BCUT2D eigenvalue weighted by atomic mass is 32.2. The summed E-state index contributed by atoms with van der Waals surface area (Å²) in [7, 11) is -3.43. The molecule has 0 saturated heterocycles. The molecule has 2 aromatic carbocycles. The van der Waals surface area contributed by atoms with Crippen molar-refractivity contribution in [2.24, 2.45) is 0 Å². The zero-order valence-corrected chi connectivity index (χ0v) is 12.1. The van der Waals surface area contributed by atoms with Crippen LogP contribution in [0.2, 0.25) is 0 Å². The van der Waals surface area contributed by atoms with E-state index < -0.39 is 10.0 Å². The number of hydrogen-bond donors (Lipinski definition) is 1. The molecule has 2 rings (SSSR count). The van der Waals surface area contributed by atoms with E-state index >= 15 is 0 Å². The first kappa shape index (κ1) is 14.5. The highest BCUT2D eigenvalue weighted by Gasteiger charge is 2.11. The summed E-state index contributed by atoms with van der Waals surface area (Å²) in [5.74, 6) is 0. The smallest absolute Gasteiger partial charge is 0.207 e. The molecule has 0 spiro atoms. The van der Waals surface area contributed by atoms with Crippen molar-refractivity contribution < 1.29 is 8.42 Å². The van der Waals surface area contributed by atoms with Crippen molar-refractivity contribution in [3.05, 3.63) is 71.8 Å². The molecule has 0 aliphatic rings. The van der Waals surface area contributed by atoms with Gasteiger partial charge in [0.05, 0.1) is 4.90 Å². The maximum absolute atomic E-state index is 12.0. The van der Waals surface area contributed by atoms with E-state index in [1.54, 1.807) is 30.3 Å². The Balaban J connectivity index is 1.96. The van der Waals surface area contributed by atoms with Gasteiger partial charge in [0.15, 0.2) is 0 Å². The first-order valence-corrected chi connectivity index (χ1v) is 7.84. The summed E-state index contributed by atoms with van der Waals surface area (Å²) >= 11 is 0. The fourth-order valence-corrected chi connectivity index (χ4v) is 2.69. The van der Waals surface area contributed by atoms with Crippen LogP contribution >= 0.6 is 0 Å². The molecule has 2 aromatic rings. The van der Waals surface area contributed by atoms with Crippen LogP contribution in [0.5, 0.6) is 0 Å². The Hall–Kier alpha value is -1.91. The van der Waals surface area contributed by atoms with Crippen molar-refractivity contribution in [3.63, 3.8) is 0 Å². The second-order valence-corrected chi connectivity index (χ2v) is 6.24. The molecule has 1 N–H and O–H groups in total. The van der Waals surface area contributed by atoms with Gasteiger partial charge in [-0.2, -0.15) is 0 Å². The van der Waals surface area contributed by atoms with E-state index in [1.807, 2.05) is 43.3 Å². The molecule has 0 bridgehead atoms. The minimum Gasteiger partial charge on any atom is -0.207 e. The van der Waals surface area contributed by atoms with Crippen LogP contribution in [0.15, 0.2) is 65.6 Å². The minimum atomic E-state index is -3.43. The average molecular weight is 287 g/mol. The lowest BCUT2D eigenvalue weighted by Gasteiger charge is -2.04. The van der Waals surface area contributed by atoms with Gasteiger partial charge in [0.25, 0.3) is 0 Å². The Labute approximate surface area is 120 Å². The van der Waals surface area contributed by atoms with Gasteiger partial charge in [-0.1, -0.05) is 60.2 Å². The molecule has 0 fully saturated rings. The first-order valence-electron chi connectivity index (χ1n) is 6.36. The molecule has 20 heavy (non-hydrogen) atoms. The predicted octanol–water partition coefficient (Wildman–Crippen LogP) is 2.99. The number of sulfonamides is 1. The molecule has 104 valence electrons. The second-order valence-electron chi connectivity index (χ2n) is 4.48. The molecule has 0 atom stereocenters. The van der Waals surface area contributed by atoms with Gasteiger partial charge < -0.3 is 0 Å². The number of hydrogen-bond acceptors (Lipinski definition) is 2. The maximum atomic E-state index is 12.0. The summed E-state index contributed by atoms with van der Waals surface area (Å²) in [6.07, 6.45) is 3.68. The summed E-state index contributed by atoms with van der Waals surface area (Å²) in [5, 5.41) is 0. The van der Waals surface area contributed by atoms with E-state index in [0.29, 0.717) is 0 Å². The number of aryl methyl sites for hydroxylation is 1. The van der Waals surface area contributed by atoms with Crippen LogP contribution in [0.3, 0.4) is 0 Å². The third kappa shape index (κ3) is 4.05. The molecule has 0 unspecified atom stereocenters. The van der Waals surface area contributed by atoms with Gasteiger partial charge in [-0.15, -0.1) is 0 Å². The SMILES string of the molecule is Cc1ccc(S(=O)(=O)NCC=Cc2ccccc2)cc1. The number of rotatable bonds is 5. The van der Waals surface area contributed by atoms with E-state index in [-0.39, 0.29) is 11.4 Å². The Morgan fingerprint density at radius 3 is 2.30 bits per heavy atom. The molecule has 0 heterocycles. The molecule has 4 heteroatoms. The van der Waals surface area contributed by atoms with E-state index in [0.717, 1.165) is 11.1 Å². The standard InChI is InChI=1S/C16H17NO2S/c1-14-9-11-16(12-10-14)20(18,19)17-13-5-8-15-6-3-2-4-7-15/h2-12,17H,13H2,1H3. The van der Waals surface area contributed by atoms with E-state index in [4.69, 9.17) is 0 Å². The molecule has 0 saturated carbocycles. The number of benzene rings is 2. The lowest BCUT2D eigenvalue weighted by atomic mass is 10.2. The summed E-state index contributed by atoms with van der Waals surface area (Å²) in [6.45, 7) is 2.19. The van der Waals surface area contributed by atoms with Crippen LogP contribution in [-0.4, -0.2) is 15.0 Å².